The SMILES string of the molecule is COC1CCCCN(CC(=O)NCCOc2ncccc2Cl)C1=O. The van der Waals surface area contributed by atoms with Crippen LogP contribution < -0.4 is 10.1 Å². The summed E-state index contributed by atoms with van der Waals surface area (Å²) >= 11 is 5.92. The number of carbonyl (C=O) groups is 2. The van der Waals surface area contributed by atoms with Crippen LogP contribution in [0.2, 0.25) is 5.02 Å². The van der Waals surface area contributed by atoms with Crippen molar-refractivity contribution in [3.8, 4) is 5.88 Å². The van der Waals surface area contributed by atoms with Crippen LogP contribution in [-0.4, -0.2) is 61.2 Å². The van der Waals surface area contributed by atoms with Crippen molar-refractivity contribution in [2.24, 2.45) is 0 Å². The summed E-state index contributed by atoms with van der Waals surface area (Å²) in [5.41, 5.74) is 0. The fraction of sp³-hybridized carbons (Fsp3) is 0.562. The molecule has 1 aromatic rings. The molecule has 1 aliphatic heterocycles. The maximum Gasteiger partial charge on any atom is 0.252 e. The van der Waals surface area contributed by atoms with Crippen LogP contribution in [0.1, 0.15) is 19.3 Å². The van der Waals surface area contributed by atoms with Gasteiger partial charge in [0, 0.05) is 19.9 Å². The molecule has 1 fully saturated rings. The molecule has 2 amide bonds. The molecule has 8 heteroatoms. The maximum absolute atomic E-state index is 12.2. The summed E-state index contributed by atoms with van der Waals surface area (Å²) in [4.78, 5) is 29.8. The summed E-state index contributed by atoms with van der Waals surface area (Å²) in [6, 6.07) is 3.39. The van der Waals surface area contributed by atoms with E-state index in [0.717, 1.165) is 12.8 Å². The van der Waals surface area contributed by atoms with Crippen molar-refractivity contribution >= 4 is 23.4 Å². The molecule has 0 bridgehead atoms. The van der Waals surface area contributed by atoms with Crippen LogP contribution >= 0.6 is 11.6 Å². The van der Waals surface area contributed by atoms with Gasteiger partial charge in [0.25, 0.3) is 5.91 Å². The van der Waals surface area contributed by atoms with E-state index in [4.69, 9.17) is 21.1 Å². The number of nitrogens with one attached hydrogen (secondary N) is 1. The third-order valence-corrected chi connectivity index (χ3v) is 4.03. The third-order valence-electron chi connectivity index (χ3n) is 3.74. The van der Waals surface area contributed by atoms with Crippen molar-refractivity contribution in [2.75, 3.05) is 33.4 Å². The quantitative estimate of drug-likeness (QED) is 0.745. The maximum atomic E-state index is 12.2. The molecule has 1 aromatic heterocycles. The number of likely N-dealkylation sites (tertiary alicyclic amines) is 1. The number of halogens is 1. The molecular weight excluding hydrogens is 334 g/mol. The lowest BCUT2D eigenvalue weighted by atomic mass is 10.2. The molecule has 1 aliphatic rings. The minimum atomic E-state index is -0.449. The lowest BCUT2D eigenvalue weighted by Gasteiger charge is -2.23. The van der Waals surface area contributed by atoms with Crippen molar-refractivity contribution in [3.05, 3.63) is 23.4 Å². The highest BCUT2D eigenvalue weighted by Crippen LogP contribution is 2.19. The van der Waals surface area contributed by atoms with Crippen LogP contribution in [0, 0.1) is 0 Å². The molecule has 0 aromatic carbocycles. The number of amides is 2. The zero-order valence-corrected chi connectivity index (χ0v) is 14.4. The lowest BCUT2D eigenvalue weighted by molar-refractivity contribution is -0.144. The van der Waals surface area contributed by atoms with Gasteiger partial charge in [-0.25, -0.2) is 4.98 Å². The molecule has 1 N–H and O–H groups in total. The van der Waals surface area contributed by atoms with E-state index in [9.17, 15) is 9.59 Å². The lowest BCUT2D eigenvalue weighted by Crippen LogP contribution is -2.45. The number of carbonyl (C=O) groups excluding carboxylic acids is 2. The molecule has 0 saturated carbocycles. The molecule has 7 nitrogen and oxygen atoms in total. The number of methoxy groups -OCH3 is 1. The van der Waals surface area contributed by atoms with Crippen molar-refractivity contribution in [1.29, 1.82) is 0 Å². The van der Waals surface area contributed by atoms with Crippen molar-refractivity contribution in [3.63, 3.8) is 0 Å². The Hall–Kier alpha value is -1.86. The van der Waals surface area contributed by atoms with Gasteiger partial charge in [-0.1, -0.05) is 11.6 Å². The molecule has 1 atom stereocenters. The number of pyridine rings is 1. The van der Waals surface area contributed by atoms with Gasteiger partial charge >= 0.3 is 0 Å². The van der Waals surface area contributed by atoms with E-state index in [0.29, 0.717) is 30.4 Å². The van der Waals surface area contributed by atoms with E-state index >= 15 is 0 Å². The summed E-state index contributed by atoms with van der Waals surface area (Å²) in [5.74, 6) is -0.0171. The Morgan fingerprint density at radius 3 is 3.08 bits per heavy atom. The second-order valence-corrected chi connectivity index (χ2v) is 5.88. The molecule has 0 aliphatic carbocycles. The summed E-state index contributed by atoms with van der Waals surface area (Å²) in [5, 5.41) is 3.14. The average Bonchev–Trinajstić information content (AvgIpc) is 2.75. The van der Waals surface area contributed by atoms with Crippen LogP contribution in [0.15, 0.2) is 18.3 Å². The molecule has 0 radical (unpaired) electrons. The predicted molar refractivity (Wildman–Crippen MR) is 89.0 cm³/mol. The second kappa shape index (κ2) is 9.44. The monoisotopic (exact) mass is 355 g/mol. The Morgan fingerprint density at radius 2 is 2.33 bits per heavy atom. The summed E-state index contributed by atoms with van der Waals surface area (Å²) in [6.45, 7) is 1.16. The summed E-state index contributed by atoms with van der Waals surface area (Å²) < 4.78 is 10.6. The van der Waals surface area contributed by atoms with E-state index in [-0.39, 0.29) is 25.0 Å². The first kappa shape index (κ1) is 18.5. The van der Waals surface area contributed by atoms with Crippen LogP contribution in [0.4, 0.5) is 0 Å². The van der Waals surface area contributed by atoms with E-state index in [1.807, 2.05) is 0 Å². The smallest absolute Gasteiger partial charge is 0.252 e. The molecule has 2 rings (SSSR count). The Balaban J connectivity index is 1.72. The number of ether oxygens (including phenoxy) is 2. The van der Waals surface area contributed by atoms with E-state index in [2.05, 4.69) is 10.3 Å². The molecule has 2 heterocycles. The molecule has 132 valence electrons. The minimum Gasteiger partial charge on any atom is -0.475 e. The largest absolute Gasteiger partial charge is 0.475 e. The normalized spacial score (nSPS) is 18.2. The molecule has 0 spiro atoms. The van der Waals surface area contributed by atoms with Crippen LogP contribution in [0.25, 0.3) is 0 Å². The van der Waals surface area contributed by atoms with Gasteiger partial charge in [-0.15, -0.1) is 0 Å². The molecule has 1 unspecified atom stereocenters. The first-order valence-electron chi connectivity index (χ1n) is 7.93. The molecular formula is C16H22ClN3O4. The fourth-order valence-corrected chi connectivity index (χ4v) is 2.67. The third kappa shape index (κ3) is 5.35. The first-order valence-corrected chi connectivity index (χ1v) is 8.31. The minimum absolute atomic E-state index is 0.0308. The van der Waals surface area contributed by atoms with Gasteiger partial charge in [0.15, 0.2) is 0 Å². The van der Waals surface area contributed by atoms with Crippen LogP contribution in [0.5, 0.6) is 5.88 Å². The number of nitrogens with zero attached hydrogens (tertiary/aromatic N) is 2. The zero-order valence-electron chi connectivity index (χ0n) is 13.7. The van der Waals surface area contributed by atoms with Gasteiger partial charge in [0.2, 0.25) is 11.8 Å². The Morgan fingerprint density at radius 1 is 1.50 bits per heavy atom. The Labute approximate surface area is 146 Å². The van der Waals surface area contributed by atoms with Crippen LogP contribution in [0.3, 0.4) is 0 Å². The zero-order chi connectivity index (χ0) is 17.4. The summed E-state index contributed by atoms with van der Waals surface area (Å²) in [7, 11) is 1.52. The molecule has 24 heavy (non-hydrogen) atoms. The topological polar surface area (TPSA) is 80.8 Å². The first-order chi connectivity index (χ1) is 11.6. The van der Waals surface area contributed by atoms with Gasteiger partial charge < -0.3 is 19.7 Å². The van der Waals surface area contributed by atoms with Gasteiger partial charge in [-0.2, -0.15) is 0 Å². The predicted octanol–water partition coefficient (Wildman–Crippen LogP) is 1.26. The average molecular weight is 356 g/mol. The highest BCUT2D eigenvalue weighted by molar-refractivity contribution is 6.31. The Bertz CT molecular complexity index is 570. The van der Waals surface area contributed by atoms with Crippen molar-refractivity contribution < 1.29 is 19.1 Å². The van der Waals surface area contributed by atoms with E-state index in [1.165, 1.54) is 7.11 Å². The fourth-order valence-electron chi connectivity index (χ4n) is 2.49. The van der Waals surface area contributed by atoms with Crippen molar-refractivity contribution in [1.82, 2.24) is 15.2 Å². The number of hydrogen-bond donors (Lipinski definition) is 1. The number of hydrogen-bond acceptors (Lipinski definition) is 5. The van der Waals surface area contributed by atoms with Gasteiger partial charge in [0.1, 0.15) is 17.7 Å². The van der Waals surface area contributed by atoms with E-state index in [1.54, 1.807) is 23.2 Å². The number of aromatic nitrogens is 1. The Kier molecular flexibility index (Phi) is 7.27. The highest BCUT2D eigenvalue weighted by atomic mass is 35.5. The highest BCUT2D eigenvalue weighted by Gasteiger charge is 2.27. The van der Waals surface area contributed by atoms with Gasteiger partial charge in [0.05, 0.1) is 13.1 Å². The standard InChI is InChI=1S/C16H22ClN3O4/c1-23-13-6-2-3-9-20(16(13)22)11-14(21)18-8-10-24-15-12(17)5-4-7-19-15/h4-5,7,13H,2-3,6,8-11H2,1H3,(H,18,21). The van der Waals surface area contributed by atoms with Gasteiger partial charge in [-0.3, -0.25) is 9.59 Å². The van der Waals surface area contributed by atoms with E-state index < -0.39 is 6.10 Å². The molecule has 1 saturated heterocycles. The van der Waals surface area contributed by atoms with Gasteiger partial charge in [-0.05, 0) is 31.4 Å². The van der Waals surface area contributed by atoms with Crippen LogP contribution in [-0.2, 0) is 14.3 Å². The second-order valence-electron chi connectivity index (χ2n) is 5.47. The van der Waals surface area contributed by atoms with Crippen molar-refractivity contribution in [2.45, 2.75) is 25.4 Å². The number of rotatable bonds is 7. The summed E-state index contributed by atoms with van der Waals surface area (Å²) in [6.07, 6.45) is 3.62.